The van der Waals surface area contributed by atoms with Crippen molar-refractivity contribution in [2.75, 3.05) is 0 Å². The minimum atomic E-state index is -0.670. The molecule has 0 saturated carbocycles. The van der Waals surface area contributed by atoms with Gasteiger partial charge in [-0.3, -0.25) is 14.9 Å². The zero-order chi connectivity index (χ0) is 11.0. The number of aromatic nitrogens is 1. The van der Waals surface area contributed by atoms with Crippen molar-refractivity contribution >= 4 is 11.5 Å². The Morgan fingerprint density at radius 1 is 1.40 bits per heavy atom. The first-order valence-electron chi connectivity index (χ1n) is 4.53. The molecule has 1 aromatic rings. The van der Waals surface area contributed by atoms with Gasteiger partial charge in [-0.1, -0.05) is 0 Å². The van der Waals surface area contributed by atoms with Crippen molar-refractivity contribution in [2.24, 2.45) is 0 Å². The van der Waals surface area contributed by atoms with Crippen LogP contribution in [0.15, 0.2) is 12.3 Å². The third-order valence-corrected chi connectivity index (χ3v) is 2.45. The second-order valence-corrected chi connectivity index (χ2v) is 3.42. The van der Waals surface area contributed by atoms with Gasteiger partial charge in [0.15, 0.2) is 5.78 Å². The van der Waals surface area contributed by atoms with Crippen molar-refractivity contribution in [3.63, 3.8) is 0 Å². The van der Waals surface area contributed by atoms with Gasteiger partial charge in [-0.05, 0) is 6.42 Å². The number of Topliss-reactive ketones (excluding diaryl/α,β-unsaturated/α-hetero) is 1. The molecule has 6 nitrogen and oxygen atoms in total. The van der Waals surface area contributed by atoms with Gasteiger partial charge in [0, 0.05) is 18.9 Å². The Labute approximate surface area is 84.9 Å². The van der Waals surface area contributed by atoms with E-state index in [1.165, 1.54) is 6.07 Å². The quantitative estimate of drug-likeness (QED) is 0.295. The summed E-state index contributed by atoms with van der Waals surface area (Å²) in [6.07, 6.45) is 2.39. The molecule has 2 rings (SSSR count). The second-order valence-electron chi connectivity index (χ2n) is 3.42. The van der Waals surface area contributed by atoms with Crippen molar-refractivity contribution in [2.45, 2.75) is 19.3 Å². The van der Waals surface area contributed by atoms with E-state index < -0.39 is 4.92 Å². The molecule has 1 heterocycles. The molecule has 0 bridgehead atoms. The SMILES string of the molecule is O=C1CCCc2c1cc([N+](=O)[O-])c[n+]2[O-]. The number of carbonyl (C=O) groups excluding carboxylic acids is 1. The smallest absolute Gasteiger partial charge is 0.334 e. The molecule has 1 aromatic heterocycles. The summed E-state index contributed by atoms with van der Waals surface area (Å²) in [5.41, 5.74) is 0.210. The fourth-order valence-corrected chi connectivity index (χ4v) is 1.72. The highest BCUT2D eigenvalue weighted by Crippen LogP contribution is 2.21. The van der Waals surface area contributed by atoms with Crippen LogP contribution < -0.4 is 4.73 Å². The molecule has 0 aliphatic heterocycles. The average molecular weight is 208 g/mol. The summed E-state index contributed by atoms with van der Waals surface area (Å²) in [6, 6.07) is 1.19. The number of carbonyl (C=O) groups is 1. The molecule has 0 aromatic carbocycles. The van der Waals surface area contributed by atoms with E-state index in [9.17, 15) is 20.1 Å². The van der Waals surface area contributed by atoms with Crippen molar-refractivity contribution in [1.82, 2.24) is 0 Å². The first kappa shape index (κ1) is 9.57. The largest absolute Gasteiger partial charge is 0.618 e. The summed E-state index contributed by atoms with van der Waals surface area (Å²) in [6.45, 7) is 0. The number of nitro groups is 1. The van der Waals surface area contributed by atoms with Gasteiger partial charge in [0.05, 0.1) is 10.5 Å². The van der Waals surface area contributed by atoms with Gasteiger partial charge in [0.2, 0.25) is 5.69 Å². The van der Waals surface area contributed by atoms with Crippen LogP contribution in [0.2, 0.25) is 0 Å². The third-order valence-electron chi connectivity index (χ3n) is 2.45. The van der Waals surface area contributed by atoms with Crippen LogP contribution in [0.1, 0.15) is 28.9 Å². The van der Waals surface area contributed by atoms with Crippen LogP contribution in [0.5, 0.6) is 0 Å². The van der Waals surface area contributed by atoms with Crippen LogP contribution in [0, 0.1) is 15.3 Å². The van der Waals surface area contributed by atoms with Crippen molar-refractivity contribution in [1.29, 1.82) is 0 Å². The second kappa shape index (κ2) is 3.30. The van der Waals surface area contributed by atoms with Crippen LogP contribution in [0.25, 0.3) is 0 Å². The fraction of sp³-hybridized carbons (Fsp3) is 0.333. The highest BCUT2D eigenvalue weighted by Gasteiger charge is 2.27. The molecule has 0 spiro atoms. The van der Waals surface area contributed by atoms with E-state index in [-0.39, 0.29) is 17.0 Å². The summed E-state index contributed by atoms with van der Waals surface area (Å²) < 4.78 is 0.435. The molecule has 15 heavy (non-hydrogen) atoms. The van der Waals surface area contributed by atoms with Crippen LogP contribution in [0.3, 0.4) is 0 Å². The lowest BCUT2D eigenvalue weighted by Gasteiger charge is -2.12. The van der Waals surface area contributed by atoms with Gasteiger partial charge in [-0.25, -0.2) is 0 Å². The molecule has 0 fully saturated rings. The Balaban J connectivity index is 2.61. The number of rotatable bonds is 1. The minimum Gasteiger partial charge on any atom is -0.618 e. The molecular weight excluding hydrogens is 200 g/mol. The number of nitrogens with zero attached hydrogens (tertiary/aromatic N) is 2. The maximum atomic E-state index is 11.4. The van der Waals surface area contributed by atoms with Crippen LogP contribution in [0.4, 0.5) is 5.69 Å². The standard InChI is InChI=1S/C9H8N2O4/c12-9-3-1-2-8-7(9)4-6(11(14)15)5-10(8)13/h4-5H,1-3H2. The van der Waals surface area contributed by atoms with Gasteiger partial charge < -0.3 is 5.21 Å². The summed E-state index contributed by atoms with van der Waals surface area (Å²) >= 11 is 0. The highest BCUT2D eigenvalue weighted by atomic mass is 16.6. The Bertz CT molecular complexity index is 456. The van der Waals surface area contributed by atoms with E-state index in [1.54, 1.807) is 0 Å². The first-order valence-corrected chi connectivity index (χ1v) is 4.53. The molecule has 0 radical (unpaired) electrons. The molecule has 0 atom stereocenters. The van der Waals surface area contributed by atoms with Gasteiger partial charge in [-0.15, -0.1) is 0 Å². The highest BCUT2D eigenvalue weighted by molar-refractivity contribution is 5.98. The fourth-order valence-electron chi connectivity index (χ4n) is 1.72. The molecule has 1 aliphatic carbocycles. The number of ketones is 1. The van der Waals surface area contributed by atoms with Gasteiger partial charge >= 0.3 is 5.69 Å². The van der Waals surface area contributed by atoms with Crippen molar-refractivity contribution in [3.8, 4) is 0 Å². The lowest BCUT2D eigenvalue weighted by atomic mass is 9.94. The van der Waals surface area contributed by atoms with Crippen molar-refractivity contribution < 1.29 is 14.4 Å². The third kappa shape index (κ3) is 1.54. The van der Waals surface area contributed by atoms with Gasteiger partial charge in [0.1, 0.15) is 0 Å². The first-order chi connectivity index (χ1) is 7.09. The molecule has 0 unspecified atom stereocenters. The zero-order valence-electron chi connectivity index (χ0n) is 7.80. The predicted octanol–water partition coefficient (Wildman–Crippen LogP) is 0.747. The van der Waals surface area contributed by atoms with E-state index in [4.69, 9.17) is 0 Å². The van der Waals surface area contributed by atoms with E-state index in [1.807, 2.05) is 0 Å². The lowest BCUT2D eigenvalue weighted by molar-refractivity contribution is -0.618. The van der Waals surface area contributed by atoms with E-state index in [2.05, 4.69) is 0 Å². The monoisotopic (exact) mass is 208 g/mol. The zero-order valence-corrected chi connectivity index (χ0v) is 7.80. The molecule has 0 saturated heterocycles. The van der Waals surface area contributed by atoms with E-state index in [0.717, 1.165) is 6.20 Å². The summed E-state index contributed by atoms with van der Waals surface area (Å²) in [5, 5.41) is 21.9. The van der Waals surface area contributed by atoms with E-state index in [0.29, 0.717) is 29.7 Å². The Morgan fingerprint density at radius 2 is 2.13 bits per heavy atom. The average Bonchev–Trinajstić information content (AvgIpc) is 2.19. The summed E-state index contributed by atoms with van der Waals surface area (Å²) in [5.74, 6) is -0.190. The summed E-state index contributed by atoms with van der Waals surface area (Å²) in [4.78, 5) is 21.3. The molecular formula is C9H8N2O4. The minimum absolute atomic E-state index is 0.190. The maximum Gasteiger partial charge on any atom is 0.334 e. The number of pyridine rings is 1. The lowest BCUT2D eigenvalue weighted by Crippen LogP contribution is -2.36. The maximum absolute atomic E-state index is 11.4. The van der Waals surface area contributed by atoms with Crippen LogP contribution in [-0.4, -0.2) is 10.7 Å². The van der Waals surface area contributed by atoms with E-state index >= 15 is 0 Å². The Kier molecular flexibility index (Phi) is 2.11. The Morgan fingerprint density at radius 3 is 2.80 bits per heavy atom. The van der Waals surface area contributed by atoms with Crippen molar-refractivity contribution in [3.05, 3.63) is 38.8 Å². The molecule has 0 N–H and O–H groups in total. The number of hydrogen-bond acceptors (Lipinski definition) is 4. The molecule has 0 amide bonds. The Hall–Kier alpha value is -1.98. The van der Waals surface area contributed by atoms with Crippen LogP contribution in [-0.2, 0) is 6.42 Å². The van der Waals surface area contributed by atoms with Gasteiger partial charge in [0.25, 0.3) is 6.20 Å². The topological polar surface area (TPSA) is 87.1 Å². The molecule has 6 heteroatoms. The van der Waals surface area contributed by atoms with Crippen LogP contribution >= 0.6 is 0 Å². The number of hydrogen-bond donors (Lipinski definition) is 0. The summed E-state index contributed by atoms with van der Waals surface area (Å²) in [7, 11) is 0. The predicted molar refractivity (Wildman–Crippen MR) is 49.3 cm³/mol. The molecule has 78 valence electrons. The molecule has 1 aliphatic rings. The number of fused-ring (bicyclic) bond motifs is 1. The van der Waals surface area contributed by atoms with Gasteiger partial charge in [-0.2, -0.15) is 4.73 Å². The normalized spacial score (nSPS) is 14.8.